The molecule has 1 aromatic carbocycles. The molecule has 0 spiro atoms. The number of hydrogen-bond donors (Lipinski definition) is 2. The van der Waals surface area contributed by atoms with Crippen LogP contribution in [0.1, 0.15) is 19.4 Å². The highest BCUT2D eigenvalue weighted by Gasteiger charge is 2.23. The van der Waals surface area contributed by atoms with Crippen molar-refractivity contribution >= 4 is 8.03 Å². The van der Waals surface area contributed by atoms with Crippen LogP contribution >= 0.6 is 8.03 Å². The summed E-state index contributed by atoms with van der Waals surface area (Å²) in [6.07, 6.45) is 0.833. The first-order valence-corrected chi connectivity index (χ1v) is 6.89. The van der Waals surface area contributed by atoms with E-state index in [0.717, 1.165) is 12.0 Å². The number of ether oxygens (including phenoxy) is 1. The molecule has 3 N–H and O–H groups in total. The maximum Gasteiger partial charge on any atom is 0.512 e. The van der Waals surface area contributed by atoms with Crippen molar-refractivity contribution < 1.29 is 14.2 Å². The van der Waals surface area contributed by atoms with E-state index in [1.807, 2.05) is 31.2 Å². The molecule has 3 atom stereocenters. The van der Waals surface area contributed by atoms with Crippen LogP contribution in [-0.4, -0.2) is 23.2 Å². The van der Waals surface area contributed by atoms with Gasteiger partial charge in [-0.2, -0.15) is 4.89 Å². The van der Waals surface area contributed by atoms with E-state index in [9.17, 15) is 4.57 Å². The maximum absolute atomic E-state index is 10.8. The van der Waals surface area contributed by atoms with Crippen LogP contribution < -0.4 is 10.5 Å². The Morgan fingerprint density at radius 1 is 1.35 bits per heavy atom. The van der Waals surface area contributed by atoms with Crippen LogP contribution in [0.5, 0.6) is 5.75 Å². The van der Waals surface area contributed by atoms with Crippen molar-refractivity contribution in [2.24, 2.45) is 5.73 Å². The summed E-state index contributed by atoms with van der Waals surface area (Å²) in [5.74, 6) is 0.710. The topological polar surface area (TPSA) is 72.5 Å². The quantitative estimate of drug-likeness (QED) is 0.764. The Bertz CT molecular complexity index is 365. The minimum absolute atomic E-state index is 0.139. The van der Waals surface area contributed by atoms with E-state index in [1.54, 1.807) is 6.92 Å². The monoisotopic (exact) mass is 256 g/mol. The third-order valence-electron chi connectivity index (χ3n) is 2.35. The zero-order valence-corrected chi connectivity index (χ0v) is 11.1. The Morgan fingerprint density at radius 3 is 2.41 bits per heavy atom. The van der Waals surface area contributed by atoms with Gasteiger partial charge in [-0.1, -0.05) is 12.1 Å². The fourth-order valence-corrected chi connectivity index (χ4v) is 1.58. The lowest BCUT2D eigenvalue weighted by Crippen LogP contribution is -2.17. The van der Waals surface area contributed by atoms with Gasteiger partial charge < -0.3 is 10.5 Å². The Kier molecular flexibility index (Phi) is 5.56. The van der Waals surface area contributed by atoms with Crippen molar-refractivity contribution in [3.05, 3.63) is 29.8 Å². The zero-order chi connectivity index (χ0) is 12.8. The first kappa shape index (κ1) is 14.1. The molecule has 1 aromatic rings. The number of hydrogen-bond acceptors (Lipinski definition) is 3. The van der Waals surface area contributed by atoms with Gasteiger partial charge in [0, 0.05) is 6.04 Å². The third-order valence-corrected chi connectivity index (χ3v) is 3.25. The molecule has 0 radical (unpaired) electrons. The largest absolute Gasteiger partial charge is 0.512 e. The highest BCUT2D eigenvalue weighted by molar-refractivity contribution is 7.38. The van der Waals surface area contributed by atoms with Crippen LogP contribution in [0.25, 0.3) is 0 Å². The lowest BCUT2D eigenvalue weighted by molar-refractivity contribution is 0.312. The second-order valence-electron chi connectivity index (χ2n) is 4.29. The van der Waals surface area contributed by atoms with E-state index in [4.69, 9.17) is 15.4 Å². The zero-order valence-electron chi connectivity index (χ0n) is 10.2. The summed E-state index contributed by atoms with van der Waals surface area (Å²) in [6.45, 7) is 3.89. The van der Waals surface area contributed by atoms with Crippen LogP contribution in [0.4, 0.5) is 0 Å². The number of benzene rings is 1. The molecule has 0 amide bonds. The number of nitrogens with two attached hydrogens (primary N) is 1. The van der Waals surface area contributed by atoms with E-state index < -0.39 is 8.03 Å². The fraction of sp³-hybridized carbons (Fsp3) is 0.500. The molecule has 0 aliphatic carbocycles. The molecular weight excluding hydrogens is 237 g/mol. The molecule has 94 valence electrons. The Balaban J connectivity index is 2.48. The highest BCUT2D eigenvalue weighted by Crippen LogP contribution is 2.23. The Labute approximate surface area is 103 Å². The average Bonchev–Trinajstić information content (AvgIpc) is 2.26. The lowest BCUT2D eigenvalue weighted by Gasteiger charge is -2.08. The predicted molar refractivity (Wildman–Crippen MR) is 68.6 cm³/mol. The summed E-state index contributed by atoms with van der Waals surface area (Å²) in [4.78, 5) is 8.86. The van der Waals surface area contributed by atoms with Gasteiger partial charge in [-0.3, -0.25) is 0 Å². The van der Waals surface area contributed by atoms with Crippen molar-refractivity contribution in [2.45, 2.75) is 32.0 Å². The molecule has 0 aliphatic heterocycles. The molecule has 0 fully saturated rings. The van der Waals surface area contributed by atoms with Gasteiger partial charge in [0.25, 0.3) is 0 Å². The van der Waals surface area contributed by atoms with Crippen LogP contribution in [0.3, 0.4) is 0 Å². The fourth-order valence-electron chi connectivity index (χ4n) is 1.37. The molecule has 17 heavy (non-hydrogen) atoms. The second-order valence-corrected chi connectivity index (χ2v) is 5.77. The van der Waals surface area contributed by atoms with E-state index >= 15 is 0 Å². The van der Waals surface area contributed by atoms with Crippen molar-refractivity contribution in [3.63, 3.8) is 0 Å². The van der Waals surface area contributed by atoms with Crippen molar-refractivity contribution in [1.82, 2.24) is 0 Å². The van der Waals surface area contributed by atoms with Gasteiger partial charge in [0.1, 0.15) is 12.4 Å². The van der Waals surface area contributed by atoms with Crippen LogP contribution in [-0.2, 0) is 11.0 Å². The van der Waals surface area contributed by atoms with E-state index in [1.165, 1.54) is 0 Å². The van der Waals surface area contributed by atoms with E-state index in [0.29, 0.717) is 5.75 Å². The molecule has 1 rings (SSSR count). The van der Waals surface area contributed by atoms with Crippen LogP contribution in [0.2, 0.25) is 0 Å². The van der Waals surface area contributed by atoms with Gasteiger partial charge in [0.05, 0.1) is 0 Å². The predicted octanol–water partition coefficient (Wildman–Crippen LogP) is 2.08. The molecular formula is C12H19NO3P+. The summed E-state index contributed by atoms with van der Waals surface area (Å²) in [7, 11) is -2.17. The van der Waals surface area contributed by atoms with Gasteiger partial charge in [0.2, 0.25) is 5.66 Å². The summed E-state index contributed by atoms with van der Waals surface area (Å²) >= 11 is 0. The smallest absolute Gasteiger partial charge is 0.489 e. The van der Waals surface area contributed by atoms with Crippen molar-refractivity contribution in [3.8, 4) is 5.75 Å². The third kappa shape index (κ3) is 5.26. The summed E-state index contributed by atoms with van der Waals surface area (Å²) in [6, 6.07) is 7.77. The van der Waals surface area contributed by atoms with Gasteiger partial charge in [-0.05, 0) is 42.5 Å². The standard InChI is InChI=1S/C12H18NO3P/c1-9(13)7-11-3-5-12(6-4-11)16-8-10(2)17(14)15/h3-6,9-10H,7-8,13H2,1-2H3/p+1. The van der Waals surface area contributed by atoms with Gasteiger partial charge in [-0.25, -0.2) is 0 Å². The van der Waals surface area contributed by atoms with Gasteiger partial charge in [-0.15, -0.1) is 0 Å². The molecule has 0 saturated carbocycles. The first-order valence-electron chi connectivity index (χ1n) is 5.61. The molecule has 0 heterocycles. The summed E-state index contributed by atoms with van der Waals surface area (Å²) < 4.78 is 16.2. The summed E-state index contributed by atoms with van der Waals surface area (Å²) in [5.41, 5.74) is 6.51. The highest BCUT2D eigenvalue weighted by atomic mass is 31.1. The van der Waals surface area contributed by atoms with Crippen molar-refractivity contribution in [2.75, 3.05) is 6.61 Å². The lowest BCUT2D eigenvalue weighted by atomic mass is 10.1. The van der Waals surface area contributed by atoms with Crippen molar-refractivity contribution in [1.29, 1.82) is 0 Å². The SMILES string of the molecule is CC(N)Cc1ccc(OCC(C)[P+](=O)O)cc1. The molecule has 5 heteroatoms. The Hall–Kier alpha value is -0.960. The molecule has 0 aromatic heterocycles. The maximum atomic E-state index is 10.8. The second kappa shape index (κ2) is 6.70. The van der Waals surface area contributed by atoms with Gasteiger partial charge >= 0.3 is 8.03 Å². The first-order chi connectivity index (χ1) is 7.99. The van der Waals surface area contributed by atoms with E-state index in [2.05, 4.69) is 0 Å². The minimum Gasteiger partial charge on any atom is -0.489 e. The molecule has 0 bridgehead atoms. The molecule has 0 aliphatic rings. The average molecular weight is 256 g/mol. The van der Waals surface area contributed by atoms with Gasteiger partial charge in [0.15, 0.2) is 0 Å². The Morgan fingerprint density at radius 2 is 1.94 bits per heavy atom. The molecule has 3 unspecified atom stereocenters. The minimum atomic E-state index is -2.17. The van der Waals surface area contributed by atoms with Crippen LogP contribution in [0, 0.1) is 0 Å². The van der Waals surface area contributed by atoms with Crippen LogP contribution in [0.15, 0.2) is 24.3 Å². The molecule has 0 saturated heterocycles. The summed E-state index contributed by atoms with van der Waals surface area (Å²) in [5, 5.41) is 0. The number of rotatable bonds is 6. The van der Waals surface area contributed by atoms with E-state index in [-0.39, 0.29) is 18.3 Å². The molecule has 4 nitrogen and oxygen atoms in total. The normalized spacial score (nSPS) is 15.2.